The highest BCUT2D eigenvalue weighted by atomic mass is 32.2. The average Bonchev–Trinajstić information content (AvgIpc) is 2.91. The Bertz CT molecular complexity index is 697. The summed E-state index contributed by atoms with van der Waals surface area (Å²) in [6, 6.07) is -0.686. The number of rotatable bonds is 6. The molecule has 1 amide bonds. The molecule has 0 radical (unpaired) electrons. The summed E-state index contributed by atoms with van der Waals surface area (Å²) in [5, 5.41) is 13.5. The second-order valence-corrected chi connectivity index (χ2v) is 8.17. The van der Waals surface area contributed by atoms with Gasteiger partial charge in [0.2, 0.25) is 5.91 Å². The molecule has 128 valence electrons. The highest BCUT2D eigenvalue weighted by molar-refractivity contribution is 7.91. The first-order valence-corrected chi connectivity index (χ1v) is 9.28. The van der Waals surface area contributed by atoms with Crippen LogP contribution in [0, 0.1) is 5.92 Å². The summed E-state index contributed by atoms with van der Waals surface area (Å²) in [7, 11) is -1.54. The van der Waals surface area contributed by atoms with Gasteiger partial charge < -0.3 is 10.0 Å². The topological polar surface area (TPSA) is 110 Å². The van der Waals surface area contributed by atoms with Gasteiger partial charge in [0, 0.05) is 37.5 Å². The number of aryl methyl sites for hydroxylation is 1. The van der Waals surface area contributed by atoms with Gasteiger partial charge in [0.15, 0.2) is 9.84 Å². The molecule has 0 bridgehead atoms. The van der Waals surface area contributed by atoms with E-state index >= 15 is 0 Å². The average molecular weight is 343 g/mol. The van der Waals surface area contributed by atoms with E-state index in [0.717, 1.165) is 0 Å². The fourth-order valence-corrected chi connectivity index (χ4v) is 3.63. The molecular weight excluding hydrogens is 322 g/mol. The van der Waals surface area contributed by atoms with E-state index in [1.165, 1.54) is 15.8 Å². The Morgan fingerprint density at radius 1 is 1.48 bits per heavy atom. The Balaban J connectivity index is 2.33. The molecule has 1 aliphatic heterocycles. The number of aliphatic carboxylic acids is 1. The molecule has 2 atom stereocenters. The number of hydrogen-bond donors (Lipinski definition) is 1. The van der Waals surface area contributed by atoms with E-state index in [2.05, 4.69) is 5.10 Å². The van der Waals surface area contributed by atoms with E-state index in [4.69, 9.17) is 0 Å². The van der Waals surface area contributed by atoms with Gasteiger partial charge in [-0.25, -0.2) is 8.42 Å². The standard InChI is InChI=1S/C14H21N3O5S/c1-3-23(21,22)7-6-17-12(18)5-4-11(14(19)20)13(17)10-8-15-16(2)9-10/h8-9,11,13H,3-7H2,1-2H3,(H,19,20)/t11-,13-/m0/s1. The molecule has 0 aromatic carbocycles. The summed E-state index contributed by atoms with van der Waals surface area (Å²) in [6.45, 7) is 1.55. The number of nitrogens with zero attached hydrogens (tertiary/aromatic N) is 3. The Labute approximate surface area is 135 Å². The van der Waals surface area contributed by atoms with Crippen LogP contribution >= 0.6 is 0 Å². The zero-order valence-electron chi connectivity index (χ0n) is 13.2. The van der Waals surface area contributed by atoms with E-state index in [9.17, 15) is 23.1 Å². The molecule has 1 saturated heterocycles. The summed E-state index contributed by atoms with van der Waals surface area (Å²) in [4.78, 5) is 25.2. The van der Waals surface area contributed by atoms with Gasteiger partial charge in [-0.3, -0.25) is 14.3 Å². The lowest BCUT2D eigenvalue weighted by molar-refractivity contribution is -0.151. The Kier molecular flexibility index (Phi) is 5.08. The van der Waals surface area contributed by atoms with Crippen molar-refractivity contribution in [3.05, 3.63) is 18.0 Å². The third-order valence-corrected chi connectivity index (χ3v) is 5.86. The van der Waals surface area contributed by atoms with Gasteiger partial charge in [0.25, 0.3) is 0 Å². The minimum atomic E-state index is -3.24. The number of hydrogen-bond acceptors (Lipinski definition) is 5. The number of sulfone groups is 1. The highest BCUT2D eigenvalue weighted by Gasteiger charge is 2.41. The van der Waals surface area contributed by atoms with Gasteiger partial charge in [-0.05, 0) is 6.42 Å². The van der Waals surface area contributed by atoms with Gasteiger partial charge in [0.1, 0.15) is 0 Å². The quantitative estimate of drug-likeness (QED) is 0.791. The SMILES string of the molecule is CCS(=O)(=O)CCN1C(=O)CC[C@H](C(=O)O)[C@@H]1c1cnn(C)c1. The lowest BCUT2D eigenvalue weighted by Crippen LogP contribution is -2.47. The molecule has 23 heavy (non-hydrogen) atoms. The van der Waals surface area contributed by atoms with Crippen LogP contribution < -0.4 is 0 Å². The van der Waals surface area contributed by atoms with E-state index in [1.807, 2.05) is 0 Å². The van der Waals surface area contributed by atoms with Crippen molar-refractivity contribution in [1.29, 1.82) is 0 Å². The third kappa shape index (κ3) is 3.90. The monoisotopic (exact) mass is 343 g/mol. The lowest BCUT2D eigenvalue weighted by atomic mass is 9.85. The van der Waals surface area contributed by atoms with Crippen molar-refractivity contribution in [2.45, 2.75) is 25.8 Å². The molecule has 2 heterocycles. The first kappa shape index (κ1) is 17.5. The number of carboxylic acids is 1. The smallest absolute Gasteiger partial charge is 0.308 e. The van der Waals surface area contributed by atoms with E-state index in [0.29, 0.717) is 5.56 Å². The number of amides is 1. The van der Waals surface area contributed by atoms with Crippen LogP contribution in [0.5, 0.6) is 0 Å². The molecule has 0 saturated carbocycles. The Morgan fingerprint density at radius 3 is 2.70 bits per heavy atom. The van der Waals surface area contributed by atoms with Crippen LogP contribution in [0.15, 0.2) is 12.4 Å². The number of carboxylic acid groups (broad SMARTS) is 1. The summed E-state index contributed by atoms with van der Waals surface area (Å²) < 4.78 is 25.0. The van der Waals surface area contributed by atoms with E-state index < -0.39 is 27.8 Å². The van der Waals surface area contributed by atoms with Crippen molar-refractivity contribution >= 4 is 21.7 Å². The van der Waals surface area contributed by atoms with Crippen molar-refractivity contribution in [3.8, 4) is 0 Å². The van der Waals surface area contributed by atoms with Crippen LogP contribution in [0.1, 0.15) is 31.4 Å². The fourth-order valence-electron chi connectivity index (χ4n) is 2.86. The molecule has 1 aliphatic rings. The maximum Gasteiger partial charge on any atom is 0.308 e. The lowest BCUT2D eigenvalue weighted by Gasteiger charge is -2.39. The van der Waals surface area contributed by atoms with Crippen molar-refractivity contribution in [3.63, 3.8) is 0 Å². The summed E-state index contributed by atoms with van der Waals surface area (Å²) in [5.74, 6) is -2.15. The van der Waals surface area contributed by atoms with Crippen molar-refractivity contribution in [1.82, 2.24) is 14.7 Å². The predicted octanol–water partition coefficient (Wildman–Crippen LogP) is 0.219. The van der Waals surface area contributed by atoms with Crippen LogP contribution in [0.4, 0.5) is 0 Å². The summed E-state index contributed by atoms with van der Waals surface area (Å²) in [6.07, 6.45) is 3.55. The highest BCUT2D eigenvalue weighted by Crippen LogP contribution is 2.36. The van der Waals surface area contributed by atoms with Crippen LogP contribution in [0.25, 0.3) is 0 Å². The van der Waals surface area contributed by atoms with Crippen LogP contribution in [0.2, 0.25) is 0 Å². The zero-order chi connectivity index (χ0) is 17.2. The molecule has 0 aliphatic carbocycles. The normalized spacial score (nSPS) is 22.3. The molecular formula is C14H21N3O5S. The fraction of sp³-hybridized carbons (Fsp3) is 0.643. The van der Waals surface area contributed by atoms with Gasteiger partial charge in [0.05, 0.1) is 23.9 Å². The van der Waals surface area contributed by atoms with E-state index in [-0.39, 0.29) is 36.8 Å². The summed E-state index contributed by atoms with van der Waals surface area (Å²) >= 11 is 0. The second-order valence-electron chi connectivity index (χ2n) is 5.70. The molecule has 2 rings (SSSR count). The molecule has 0 spiro atoms. The van der Waals surface area contributed by atoms with Crippen LogP contribution in [-0.4, -0.2) is 58.1 Å². The minimum absolute atomic E-state index is 0.00164. The molecule has 1 aromatic rings. The molecule has 8 nitrogen and oxygen atoms in total. The zero-order valence-corrected chi connectivity index (χ0v) is 14.0. The number of carbonyl (C=O) groups excluding carboxylic acids is 1. The molecule has 9 heteroatoms. The number of carbonyl (C=O) groups is 2. The van der Waals surface area contributed by atoms with E-state index in [1.54, 1.807) is 20.2 Å². The predicted molar refractivity (Wildman–Crippen MR) is 82.3 cm³/mol. The second kappa shape index (κ2) is 6.69. The maximum atomic E-state index is 12.3. The molecule has 1 aromatic heterocycles. The van der Waals surface area contributed by atoms with Crippen LogP contribution in [0.3, 0.4) is 0 Å². The van der Waals surface area contributed by atoms with Crippen molar-refractivity contribution in [2.24, 2.45) is 13.0 Å². The molecule has 1 fully saturated rings. The van der Waals surface area contributed by atoms with Crippen LogP contribution in [-0.2, 0) is 26.5 Å². The largest absolute Gasteiger partial charge is 0.481 e. The van der Waals surface area contributed by atoms with Crippen molar-refractivity contribution in [2.75, 3.05) is 18.1 Å². The number of likely N-dealkylation sites (tertiary alicyclic amines) is 1. The molecule has 1 N–H and O–H groups in total. The maximum absolute atomic E-state index is 12.3. The Morgan fingerprint density at radius 2 is 2.17 bits per heavy atom. The number of aromatic nitrogens is 2. The first-order valence-electron chi connectivity index (χ1n) is 7.46. The van der Waals surface area contributed by atoms with Gasteiger partial charge in [-0.1, -0.05) is 6.92 Å². The van der Waals surface area contributed by atoms with Gasteiger partial charge in [-0.2, -0.15) is 5.10 Å². The number of piperidine rings is 1. The van der Waals surface area contributed by atoms with Gasteiger partial charge in [-0.15, -0.1) is 0 Å². The first-order chi connectivity index (χ1) is 10.7. The minimum Gasteiger partial charge on any atom is -0.481 e. The third-order valence-electron chi connectivity index (χ3n) is 4.17. The summed E-state index contributed by atoms with van der Waals surface area (Å²) in [5.41, 5.74) is 0.613. The Hall–Kier alpha value is -1.90. The van der Waals surface area contributed by atoms with Gasteiger partial charge >= 0.3 is 5.97 Å². The molecule has 0 unspecified atom stereocenters. The van der Waals surface area contributed by atoms with Crippen molar-refractivity contribution < 1.29 is 23.1 Å².